The maximum atomic E-state index is 11.7. The number of nitrogens with two attached hydrogens (primary N) is 1. The number of rotatable bonds is 5. The molecule has 7 heteroatoms. The lowest BCUT2D eigenvalue weighted by Crippen LogP contribution is -2.48. The Morgan fingerprint density at radius 3 is 2.71 bits per heavy atom. The molecular formula is C10H20N2O4S. The van der Waals surface area contributed by atoms with Gasteiger partial charge in [-0.1, -0.05) is 0 Å². The Balaban J connectivity index is 2.36. The molecule has 6 nitrogen and oxygen atoms in total. The molecule has 1 fully saturated rings. The summed E-state index contributed by atoms with van der Waals surface area (Å²) in [5.74, 6) is -0.380. The van der Waals surface area contributed by atoms with Crippen molar-refractivity contribution in [3.05, 3.63) is 0 Å². The Labute approximate surface area is 102 Å². The summed E-state index contributed by atoms with van der Waals surface area (Å²) in [6.45, 7) is 2.52. The van der Waals surface area contributed by atoms with Gasteiger partial charge in [0.25, 0.3) is 0 Å². The fraction of sp³-hybridized carbons (Fsp3) is 0.900. The van der Waals surface area contributed by atoms with Crippen LogP contribution in [0.4, 0.5) is 0 Å². The Bertz CT molecular complexity index is 369. The van der Waals surface area contributed by atoms with Crippen molar-refractivity contribution in [3.63, 3.8) is 0 Å². The normalized spacial score (nSPS) is 26.8. The van der Waals surface area contributed by atoms with E-state index in [0.29, 0.717) is 6.61 Å². The highest BCUT2D eigenvalue weighted by Gasteiger charge is 2.27. The molecule has 0 aliphatic carbocycles. The van der Waals surface area contributed by atoms with E-state index in [4.69, 9.17) is 10.5 Å². The first-order chi connectivity index (χ1) is 7.79. The highest BCUT2D eigenvalue weighted by atomic mass is 32.2. The molecular weight excluding hydrogens is 244 g/mol. The molecule has 0 aromatic heterocycles. The number of ether oxygens (including phenoxy) is 1. The fourth-order valence-electron chi connectivity index (χ4n) is 1.68. The van der Waals surface area contributed by atoms with E-state index in [-0.39, 0.29) is 30.2 Å². The smallest absolute Gasteiger partial charge is 0.237 e. The van der Waals surface area contributed by atoms with Crippen LogP contribution in [-0.2, 0) is 19.4 Å². The van der Waals surface area contributed by atoms with E-state index in [0.717, 1.165) is 12.7 Å². The number of hydrogen-bond acceptors (Lipinski definition) is 5. The monoisotopic (exact) mass is 264 g/mol. The zero-order valence-corrected chi connectivity index (χ0v) is 11.0. The minimum Gasteiger partial charge on any atom is -0.376 e. The third-order valence-corrected chi connectivity index (χ3v) is 3.82. The summed E-state index contributed by atoms with van der Waals surface area (Å²) in [5, 5.41) is 2.78. The van der Waals surface area contributed by atoms with Crippen LogP contribution >= 0.6 is 0 Å². The van der Waals surface area contributed by atoms with Crippen LogP contribution in [0.5, 0.6) is 0 Å². The number of amides is 1. The van der Waals surface area contributed by atoms with Crippen molar-refractivity contribution >= 4 is 15.7 Å². The van der Waals surface area contributed by atoms with Crippen LogP contribution in [0.1, 0.15) is 19.8 Å². The van der Waals surface area contributed by atoms with Gasteiger partial charge in [0.15, 0.2) is 0 Å². The average Bonchev–Trinajstić information content (AvgIpc) is 2.59. The second-order valence-corrected chi connectivity index (χ2v) is 6.76. The summed E-state index contributed by atoms with van der Waals surface area (Å²) in [7, 11) is -3.08. The van der Waals surface area contributed by atoms with E-state index in [9.17, 15) is 13.2 Å². The topological polar surface area (TPSA) is 98.5 Å². The molecule has 0 aromatic carbocycles. The third-order valence-electron chi connectivity index (χ3n) is 2.84. The number of sulfone groups is 1. The van der Waals surface area contributed by atoms with Crippen molar-refractivity contribution in [2.45, 2.75) is 38.0 Å². The van der Waals surface area contributed by atoms with Crippen molar-refractivity contribution in [2.24, 2.45) is 5.73 Å². The molecule has 1 rings (SSSR count). The predicted molar refractivity (Wildman–Crippen MR) is 64.3 cm³/mol. The minimum absolute atomic E-state index is 0.0129. The summed E-state index contributed by atoms with van der Waals surface area (Å²) >= 11 is 0. The number of carbonyl (C=O) groups excluding carboxylic acids is 1. The summed E-state index contributed by atoms with van der Waals surface area (Å²) in [6.07, 6.45) is 2.03. The molecule has 0 saturated carbocycles. The van der Waals surface area contributed by atoms with Crippen LogP contribution in [0.2, 0.25) is 0 Å². The van der Waals surface area contributed by atoms with Gasteiger partial charge < -0.3 is 15.8 Å². The lowest BCUT2D eigenvalue weighted by atomic mass is 10.1. The number of carbonyl (C=O) groups is 1. The van der Waals surface area contributed by atoms with Gasteiger partial charge in [-0.25, -0.2) is 8.42 Å². The van der Waals surface area contributed by atoms with Gasteiger partial charge in [-0.15, -0.1) is 0 Å². The molecule has 0 spiro atoms. The summed E-state index contributed by atoms with van der Waals surface area (Å²) < 4.78 is 27.2. The van der Waals surface area contributed by atoms with Gasteiger partial charge in [-0.05, 0) is 19.8 Å². The first kappa shape index (κ1) is 14.4. The van der Waals surface area contributed by atoms with Crippen LogP contribution in [0.3, 0.4) is 0 Å². The highest BCUT2D eigenvalue weighted by Crippen LogP contribution is 2.12. The zero-order chi connectivity index (χ0) is 13.1. The second-order valence-electron chi connectivity index (χ2n) is 4.50. The van der Waals surface area contributed by atoms with Crippen molar-refractivity contribution in [1.82, 2.24) is 5.32 Å². The molecule has 3 atom stereocenters. The Morgan fingerprint density at radius 2 is 2.24 bits per heavy atom. The molecule has 1 heterocycles. The largest absolute Gasteiger partial charge is 0.376 e. The van der Waals surface area contributed by atoms with E-state index in [1.807, 2.05) is 6.92 Å². The quantitative estimate of drug-likeness (QED) is 0.666. The van der Waals surface area contributed by atoms with Crippen molar-refractivity contribution in [2.75, 3.05) is 18.6 Å². The second kappa shape index (κ2) is 5.79. The molecule has 3 N–H and O–H groups in total. The molecule has 17 heavy (non-hydrogen) atoms. The maximum absolute atomic E-state index is 11.7. The van der Waals surface area contributed by atoms with Crippen LogP contribution in [0.15, 0.2) is 0 Å². The first-order valence-corrected chi connectivity index (χ1v) is 7.71. The standard InChI is InChI=1S/C10H20N2O4S/c1-7-9(3-5-16-7)12-10(13)8(11)4-6-17(2,14)15/h7-9H,3-6,11H2,1-2H3,(H,12,13). The highest BCUT2D eigenvalue weighted by molar-refractivity contribution is 7.90. The van der Waals surface area contributed by atoms with Gasteiger partial charge in [-0.3, -0.25) is 4.79 Å². The molecule has 0 bridgehead atoms. The average molecular weight is 264 g/mol. The predicted octanol–water partition coefficient (Wildman–Crippen LogP) is -0.958. The number of nitrogens with one attached hydrogen (secondary N) is 1. The zero-order valence-electron chi connectivity index (χ0n) is 10.2. The van der Waals surface area contributed by atoms with E-state index < -0.39 is 15.9 Å². The lowest BCUT2D eigenvalue weighted by Gasteiger charge is -2.18. The SMILES string of the molecule is CC1OCCC1NC(=O)C(N)CCS(C)(=O)=O. The Hall–Kier alpha value is -0.660. The summed E-state index contributed by atoms with van der Waals surface area (Å²) in [4.78, 5) is 11.7. The van der Waals surface area contributed by atoms with Gasteiger partial charge in [-0.2, -0.15) is 0 Å². The van der Waals surface area contributed by atoms with Crippen molar-refractivity contribution in [1.29, 1.82) is 0 Å². The molecule has 1 aliphatic heterocycles. The van der Waals surface area contributed by atoms with Crippen LogP contribution in [-0.4, -0.2) is 51.1 Å². The van der Waals surface area contributed by atoms with Crippen molar-refractivity contribution < 1.29 is 17.9 Å². The lowest BCUT2D eigenvalue weighted by molar-refractivity contribution is -0.123. The molecule has 100 valence electrons. The summed E-state index contributed by atoms with van der Waals surface area (Å²) in [6, 6.07) is -0.802. The van der Waals surface area contributed by atoms with E-state index in [1.54, 1.807) is 0 Å². The van der Waals surface area contributed by atoms with E-state index in [1.165, 1.54) is 0 Å². The fourth-order valence-corrected chi connectivity index (χ4v) is 2.37. The first-order valence-electron chi connectivity index (χ1n) is 5.65. The van der Waals surface area contributed by atoms with Crippen molar-refractivity contribution in [3.8, 4) is 0 Å². The van der Waals surface area contributed by atoms with E-state index in [2.05, 4.69) is 5.32 Å². The molecule has 1 amide bonds. The van der Waals surface area contributed by atoms with Crippen LogP contribution in [0, 0.1) is 0 Å². The Morgan fingerprint density at radius 1 is 1.59 bits per heavy atom. The minimum atomic E-state index is -3.08. The molecule has 1 aliphatic rings. The van der Waals surface area contributed by atoms with Gasteiger partial charge in [0.05, 0.1) is 23.9 Å². The van der Waals surface area contributed by atoms with Gasteiger partial charge >= 0.3 is 0 Å². The van der Waals surface area contributed by atoms with Gasteiger partial charge in [0.2, 0.25) is 5.91 Å². The molecule has 0 radical (unpaired) electrons. The van der Waals surface area contributed by atoms with Crippen LogP contribution in [0.25, 0.3) is 0 Å². The molecule has 3 unspecified atom stereocenters. The Kier molecular flexibility index (Phi) is 4.91. The maximum Gasteiger partial charge on any atom is 0.237 e. The summed E-state index contributed by atoms with van der Waals surface area (Å²) in [5.41, 5.74) is 5.63. The van der Waals surface area contributed by atoms with Crippen LogP contribution < -0.4 is 11.1 Å². The van der Waals surface area contributed by atoms with E-state index >= 15 is 0 Å². The third kappa shape index (κ3) is 5.01. The van der Waals surface area contributed by atoms with Gasteiger partial charge in [0, 0.05) is 12.9 Å². The molecule has 0 aromatic rings. The van der Waals surface area contributed by atoms with Gasteiger partial charge in [0.1, 0.15) is 9.84 Å². The molecule has 1 saturated heterocycles. The number of hydrogen-bond donors (Lipinski definition) is 2.